The van der Waals surface area contributed by atoms with E-state index in [0.717, 1.165) is 10.2 Å². The fraction of sp³-hybridized carbons (Fsp3) is 0.241. The molecule has 0 saturated heterocycles. The molecular formula is C29H27FN4O6. The highest BCUT2D eigenvalue weighted by molar-refractivity contribution is 5.97. The molecule has 3 aromatic heterocycles. The molecule has 0 aliphatic carbocycles. The van der Waals surface area contributed by atoms with Crippen molar-refractivity contribution in [1.29, 1.82) is 0 Å². The molecule has 10 nitrogen and oxygen atoms in total. The molecule has 0 atom stereocenters. The second-order valence-electron chi connectivity index (χ2n) is 9.91. The minimum Gasteiger partial charge on any atom is -0.488 e. The predicted octanol–water partition coefficient (Wildman–Crippen LogP) is 5.46. The minimum atomic E-state index is -0.788. The van der Waals surface area contributed by atoms with Crippen molar-refractivity contribution in [2.75, 3.05) is 20.3 Å². The first kappa shape index (κ1) is 26.8. The van der Waals surface area contributed by atoms with Gasteiger partial charge in [-0.25, -0.2) is 9.18 Å². The van der Waals surface area contributed by atoms with Gasteiger partial charge in [-0.15, -0.1) is 0 Å². The van der Waals surface area contributed by atoms with Crippen molar-refractivity contribution in [2.45, 2.75) is 26.4 Å². The monoisotopic (exact) mass is 546 g/mol. The Morgan fingerprint density at radius 2 is 1.82 bits per heavy atom. The Bertz CT molecular complexity index is 1730. The highest BCUT2D eigenvalue weighted by atomic mass is 19.1. The summed E-state index contributed by atoms with van der Waals surface area (Å²) < 4.78 is 39.2. The number of aromatic nitrogens is 4. The van der Waals surface area contributed by atoms with Gasteiger partial charge in [0.2, 0.25) is 0 Å². The van der Waals surface area contributed by atoms with Gasteiger partial charge in [-0.3, -0.25) is 9.36 Å². The van der Waals surface area contributed by atoms with Gasteiger partial charge in [0.05, 0.1) is 12.1 Å². The van der Waals surface area contributed by atoms with E-state index in [4.69, 9.17) is 18.7 Å². The van der Waals surface area contributed by atoms with E-state index in [1.807, 2.05) is 0 Å². The minimum absolute atomic E-state index is 0.0586. The summed E-state index contributed by atoms with van der Waals surface area (Å²) in [4.78, 5) is 25.2. The maximum absolute atomic E-state index is 15.0. The Morgan fingerprint density at radius 1 is 1.05 bits per heavy atom. The van der Waals surface area contributed by atoms with Gasteiger partial charge in [0, 0.05) is 48.1 Å². The zero-order valence-electron chi connectivity index (χ0n) is 22.4. The maximum Gasteiger partial charge on any atom is 0.435 e. The smallest absolute Gasteiger partial charge is 0.435 e. The summed E-state index contributed by atoms with van der Waals surface area (Å²) in [5, 5.41) is 8.88. The van der Waals surface area contributed by atoms with E-state index in [9.17, 15) is 9.59 Å². The van der Waals surface area contributed by atoms with Crippen molar-refractivity contribution < 1.29 is 27.9 Å². The van der Waals surface area contributed by atoms with Gasteiger partial charge in [0.15, 0.2) is 17.3 Å². The molecule has 0 N–H and O–H groups in total. The summed E-state index contributed by atoms with van der Waals surface area (Å²) in [5.41, 5.74) is 1.44. The lowest BCUT2D eigenvalue weighted by Gasteiger charge is -2.19. The van der Waals surface area contributed by atoms with Crippen LogP contribution in [0, 0.1) is 5.82 Å². The number of hydrogen-bond acceptors (Lipinski definition) is 8. The van der Waals surface area contributed by atoms with E-state index in [0.29, 0.717) is 16.8 Å². The lowest BCUT2D eigenvalue weighted by molar-refractivity contribution is 0.0523. The summed E-state index contributed by atoms with van der Waals surface area (Å²) in [7, 11) is 1.51. The number of pyridine rings is 1. The SMILES string of the molecule is COCCOc1cc2c(cc1F)c(-c1cc(-c3ccc(-n4ccccc4=O)cc3)no1)nn2C(=O)OC(C)(C)C. The average Bonchev–Trinajstić information content (AvgIpc) is 3.53. The quantitative estimate of drug-likeness (QED) is 0.248. The summed E-state index contributed by atoms with van der Waals surface area (Å²) in [6, 6.07) is 16.4. The van der Waals surface area contributed by atoms with Crippen molar-refractivity contribution in [1.82, 2.24) is 19.5 Å². The molecule has 0 bridgehead atoms. The van der Waals surface area contributed by atoms with E-state index < -0.39 is 17.5 Å². The van der Waals surface area contributed by atoms with Crippen LogP contribution in [0.1, 0.15) is 20.8 Å². The number of fused-ring (bicyclic) bond motifs is 1. The number of rotatable bonds is 7. The predicted molar refractivity (Wildman–Crippen MR) is 145 cm³/mol. The molecule has 0 amide bonds. The maximum atomic E-state index is 15.0. The third-order valence-electron chi connectivity index (χ3n) is 5.85. The molecule has 0 aliphatic heterocycles. The highest BCUT2D eigenvalue weighted by Gasteiger charge is 2.26. The van der Waals surface area contributed by atoms with Crippen LogP contribution in [-0.4, -0.2) is 51.5 Å². The van der Waals surface area contributed by atoms with Crippen LogP contribution in [0.2, 0.25) is 0 Å². The van der Waals surface area contributed by atoms with Crippen LogP contribution in [0.15, 0.2) is 76.2 Å². The molecule has 5 rings (SSSR count). The third-order valence-corrected chi connectivity index (χ3v) is 5.85. The molecule has 3 heterocycles. The molecule has 5 aromatic rings. The van der Waals surface area contributed by atoms with Gasteiger partial charge >= 0.3 is 6.09 Å². The van der Waals surface area contributed by atoms with Gasteiger partial charge in [-0.05, 0) is 45.0 Å². The first-order chi connectivity index (χ1) is 19.1. The lowest BCUT2D eigenvalue weighted by Crippen LogP contribution is -2.27. The van der Waals surface area contributed by atoms with Crippen molar-refractivity contribution in [3.05, 3.63) is 83.0 Å². The summed E-state index contributed by atoms with van der Waals surface area (Å²) in [6.07, 6.45) is 0.940. The number of carbonyl (C=O) groups is 1. The fourth-order valence-electron chi connectivity index (χ4n) is 4.04. The standard InChI is InChI=1S/C29H27FN4O6/c1-29(2,3)39-28(36)34-23-17-24(38-14-13-37-4)21(30)15-20(23)27(31-34)25-16-22(32-40-25)18-8-10-19(11-9-18)33-12-6-5-7-26(33)35/h5-12,15-17H,13-14H2,1-4H3. The summed E-state index contributed by atoms with van der Waals surface area (Å²) in [6.45, 7) is 5.59. The molecule has 0 aliphatic rings. The Balaban J connectivity index is 1.53. The number of carbonyl (C=O) groups excluding carboxylic acids is 1. The van der Waals surface area contributed by atoms with Crippen molar-refractivity contribution in [2.24, 2.45) is 0 Å². The van der Waals surface area contributed by atoms with Crippen LogP contribution in [0.5, 0.6) is 5.75 Å². The summed E-state index contributed by atoms with van der Waals surface area (Å²) >= 11 is 0. The third kappa shape index (κ3) is 5.50. The number of ether oxygens (including phenoxy) is 3. The van der Waals surface area contributed by atoms with E-state index in [2.05, 4.69) is 10.3 Å². The van der Waals surface area contributed by atoms with E-state index in [1.165, 1.54) is 29.9 Å². The zero-order valence-corrected chi connectivity index (χ0v) is 22.4. The number of methoxy groups -OCH3 is 1. The number of benzene rings is 2. The molecule has 206 valence electrons. The Hall–Kier alpha value is -4.77. The molecule has 0 saturated carbocycles. The van der Waals surface area contributed by atoms with Gasteiger partial charge < -0.3 is 18.7 Å². The van der Waals surface area contributed by atoms with Gasteiger partial charge in [-0.2, -0.15) is 9.78 Å². The van der Waals surface area contributed by atoms with Crippen molar-refractivity contribution in [3.63, 3.8) is 0 Å². The molecule has 0 unspecified atom stereocenters. The molecule has 11 heteroatoms. The Kier molecular flexibility index (Phi) is 7.22. The van der Waals surface area contributed by atoms with Crippen LogP contribution in [-0.2, 0) is 9.47 Å². The molecule has 0 radical (unpaired) electrons. The van der Waals surface area contributed by atoms with Gasteiger partial charge in [0.1, 0.15) is 23.6 Å². The second-order valence-corrected chi connectivity index (χ2v) is 9.91. The zero-order chi connectivity index (χ0) is 28.4. The number of halogens is 1. The Morgan fingerprint density at radius 3 is 2.52 bits per heavy atom. The molecule has 40 heavy (non-hydrogen) atoms. The van der Waals surface area contributed by atoms with Crippen molar-refractivity contribution in [3.8, 4) is 34.1 Å². The van der Waals surface area contributed by atoms with E-state index >= 15 is 4.39 Å². The molecule has 2 aromatic carbocycles. The summed E-state index contributed by atoms with van der Waals surface area (Å²) in [5.74, 6) is -0.477. The normalized spacial score (nSPS) is 11.6. The first-order valence-corrected chi connectivity index (χ1v) is 12.5. The van der Waals surface area contributed by atoms with Crippen LogP contribution in [0.4, 0.5) is 9.18 Å². The molecule has 0 spiro atoms. The molecule has 0 fully saturated rings. The van der Waals surface area contributed by atoms with E-state index in [-0.39, 0.29) is 41.5 Å². The highest BCUT2D eigenvalue weighted by Crippen LogP contribution is 2.35. The van der Waals surface area contributed by atoms with Gasteiger partial charge in [0.25, 0.3) is 5.56 Å². The van der Waals surface area contributed by atoms with Gasteiger partial charge in [-0.1, -0.05) is 23.4 Å². The van der Waals surface area contributed by atoms with Crippen LogP contribution < -0.4 is 10.3 Å². The van der Waals surface area contributed by atoms with Crippen LogP contribution in [0.25, 0.3) is 39.3 Å². The fourth-order valence-corrected chi connectivity index (χ4v) is 4.04. The Labute approximate surface area is 228 Å². The van der Waals surface area contributed by atoms with E-state index in [1.54, 1.807) is 69.4 Å². The van der Waals surface area contributed by atoms with Crippen LogP contribution >= 0.6 is 0 Å². The lowest BCUT2D eigenvalue weighted by atomic mass is 10.1. The van der Waals surface area contributed by atoms with Crippen LogP contribution in [0.3, 0.4) is 0 Å². The first-order valence-electron chi connectivity index (χ1n) is 12.5. The largest absolute Gasteiger partial charge is 0.488 e. The van der Waals surface area contributed by atoms with Crippen molar-refractivity contribution >= 4 is 17.0 Å². The number of nitrogens with zero attached hydrogens (tertiary/aromatic N) is 4. The average molecular weight is 547 g/mol. The second kappa shape index (κ2) is 10.8. The topological polar surface area (TPSA) is 111 Å². The number of hydrogen-bond donors (Lipinski definition) is 0. The molecular weight excluding hydrogens is 519 g/mol.